The fourth-order valence-electron chi connectivity index (χ4n) is 5.07. The molecule has 1 aromatic heterocycles. The molecular weight excluding hydrogens is 480 g/mol. The second-order valence-electron chi connectivity index (χ2n) is 9.19. The topological polar surface area (TPSA) is 86.1 Å². The van der Waals surface area contributed by atoms with Crippen LogP contribution in [0.3, 0.4) is 0 Å². The number of aromatic nitrogens is 1. The number of hydrogen-bond acceptors (Lipinski definition) is 5. The number of sulfonamides is 1. The number of nitriles is 1. The highest BCUT2D eigenvalue weighted by Crippen LogP contribution is 2.53. The van der Waals surface area contributed by atoms with Gasteiger partial charge in [0.2, 0.25) is 10.0 Å². The number of anilines is 2. The minimum Gasteiger partial charge on any atom is -0.360 e. The van der Waals surface area contributed by atoms with Crippen molar-refractivity contribution in [3.05, 3.63) is 76.9 Å². The van der Waals surface area contributed by atoms with E-state index in [0.29, 0.717) is 23.2 Å². The maximum atomic E-state index is 12.3. The van der Waals surface area contributed by atoms with Crippen LogP contribution in [0.5, 0.6) is 0 Å². The highest BCUT2D eigenvalue weighted by molar-refractivity contribution is 7.92. The molecule has 2 aromatic carbocycles. The van der Waals surface area contributed by atoms with Gasteiger partial charge in [0, 0.05) is 23.5 Å². The lowest BCUT2D eigenvalue weighted by Gasteiger charge is -2.41. The quantitative estimate of drug-likeness (QED) is 0.408. The predicted molar refractivity (Wildman–Crippen MR) is 140 cm³/mol. The fourth-order valence-corrected chi connectivity index (χ4v) is 6.52. The molecule has 0 radical (unpaired) electrons. The van der Waals surface area contributed by atoms with Crippen molar-refractivity contribution < 1.29 is 8.42 Å². The van der Waals surface area contributed by atoms with E-state index in [4.69, 9.17) is 11.6 Å². The molecule has 2 aliphatic rings. The van der Waals surface area contributed by atoms with Gasteiger partial charge in [-0.3, -0.25) is 9.71 Å². The monoisotopic (exact) mass is 506 g/mol. The van der Waals surface area contributed by atoms with Crippen molar-refractivity contribution in [2.75, 3.05) is 15.4 Å². The summed E-state index contributed by atoms with van der Waals surface area (Å²) < 4.78 is 27.1. The molecule has 1 N–H and O–H groups in total. The predicted octanol–water partition coefficient (Wildman–Crippen LogP) is 6.27. The molecule has 1 aliphatic heterocycles. The third kappa shape index (κ3) is 4.49. The van der Waals surface area contributed by atoms with E-state index >= 15 is 0 Å². The second kappa shape index (κ2) is 9.52. The lowest BCUT2D eigenvalue weighted by molar-refractivity contribution is 0.363. The van der Waals surface area contributed by atoms with Gasteiger partial charge < -0.3 is 4.90 Å². The van der Waals surface area contributed by atoms with E-state index in [1.165, 1.54) is 6.42 Å². The van der Waals surface area contributed by atoms with Crippen LogP contribution in [0.1, 0.15) is 55.7 Å². The molecule has 0 bridgehead atoms. The van der Waals surface area contributed by atoms with Crippen molar-refractivity contribution in [1.29, 1.82) is 5.26 Å². The Labute approximate surface area is 211 Å². The molecular formula is C27H27ClN4O2S. The molecule has 0 spiro atoms. The SMILES string of the molecule is CCCS(=O)(=O)Nc1ccc(C2C(C#N)c3ccc(-c4ccccn4)cc3N2C2CCC2)cc1Cl. The summed E-state index contributed by atoms with van der Waals surface area (Å²) in [5, 5.41) is 10.6. The molecule has 2 unspecified atom stereocenters. The van der Waals surface area contributed by atoms with Gasteiger partial charge in [-0.05, 0) is 67.1 Å². The summed E-state index contributed by atoms with van der Waals surface area (Å²) in [6.07, 6.45) is 5.62. The van der Waals surface area contributed by atoms with E-state index in [1.54, 1.807) is 18.3 Å². The molecule has 0 amide bonds. The van der Waals surface area contributed by atoms with E-state index in [0.717, 1.165) is 40.9 Å². The van der Waals surface area contributed by atoms with Gasteiger partial charge in [0.1, 0.15) is 0 Å². The number of fused-ring (bicyclic) bond motifs is 1. The van der Waals surface area contributed by atoms with Crippen molar-refractivity contribution in [2.24, 2.45) is 0 Å². The smallest absolute Gasteiger partial charge is 0.232 e. The number of nitrogens with zero attached hydrogens (tertiary/aromatic N) is 3. The van der Waals surface area contributed by atoms with Crippen molar-refractivity contribution in [3.63, 3.8) is 0 Å². The number of nitrogens with one attached hydrogen (secondary N) is 1. The third-order valence-electron chi connectivity index (χ3n) is 6.90. The highest BCUT2D eigenvalue weighted by atomic mass is 35.5. The first-order valence-corrected chi connectivity index (χ1v) is 14.0. The van der Waals surface area contributed by atoms with E-state index in [9.17, 15) is 13.7 Å². The zero-order chi connectivity index (χ0) is 24.6. The van der Waals surface area contributed by atoms with Crippen LogP contribution in [-0.4, -0.2) is 25.2 Å². The Balaban J connectivity index is 1.55. The maximum Gasteiger partial charge on any atom is 0.232 e. The van der Waals surface area contributed by atoms with Gasteiger partial charge in [-0.1, -0.05) is 42.8 Å². The van der Waals surface area contributed by atoms with Crippen LogP contribution >= 0.6 is 11.6 Å². The van der Waals surface area contributed by atoms with Gasteiger partial charge in [-0.25, -0.2) is 8.42 Å². The zero-order valence-electron chi connectivity index (χ0n) is 19.5. The Hall–Kier alpha value is -3.08. The molecule has 8 heteroatoms. The van der Waals surface area contributed by atoms with Gasteiger partial charge >= 0.3 is 0 Å². The maximum absolute atomic E-state index is 12.3. The summed E-state index contributed by atoms with van der Waals surface area (Å²) in [4.78, 5) is 6.88. The molecule has 180 valence electrons. The molecule has 35 heavy (non-hydrogen) atoms. The standard InChI is InChI=1S/C27H27ClN4O2S/c1-2-14-35(33,34)31-25-12-10-19(15-23(25)28)27-22(17-29)21-11-9-18(24-8-3-4-13-30-24)16-26(21)32(27)20-6-5-7-20/h3-4,8-13,15-16,20,22,27,31H,2,5-7,14H2,1H3. The molecule has 1 aliphatic carbocycles. The number of halogens is 1. The minimum atomic E-state index is -3.45. The lowest BCUT2D eigenvalue weighted by atomic mass is 9.87. The first kappa shape index (κ1) is 23.7. The number of rotatable bonds is 7. The first-order chi connectivity index (χ1) is 16.9. The van der Waals surface area contributed by atoms with Crippen LogP contribution in [0, 0.1) is 11.3 Å². The molecule has 6 nitrogen and oxygen atoms in total. The minimum absolute atomic E-state index is 0.0353. The Bertz CT molecular complexity index is 1380. The summed E-state index contributed by atoms with van der Waals surface area (Å²) in [6.45, 7) is 1.82. The Morgan fingerprint density at radius 3 is 2.63 bits per heavy atom. The molecule has 3 aromatic rings. The zero-order valence-corrected chi connectivity index (χ0v) is 21.1. The van der Waals surface area contributed by atoms with Crippen LogP contribution in [0.2, 0.25) is 5.02 Å². The van der Waals surface area contributed by atoms with Crippen LogP contribution in [0.4, 0.5) is 11.4 Å². The fraction of sp³-hybridized carbons (Fsp3) is 0.333. The third-order valence-corrected chi connectivity index (χ3v) is 8.69. The van der Waals surface area contributed by atoms with Crippen molar-refractivity contribution in [2.45, 2.75) is 50.6 Å². The summed E-state index contributed by atoms with van der Waals surface area (Å²) in [5.41, 5.74) is 5.26. The summed E-state index contributed by atoms with van der Waals surface area (Å²) in [6, 6.07) is 20.2. The Kier molecular flexibility index (Phi) is 6.43. The van der Waals surface area contributed by atoms with E-state index in [2.05, 4.69) is 26.7 Å². The van der Waals surface area contributed by atoms with E-state index < -0.39 is 10.0 Å². The number of benzene rings is 2. The average Bonchev–Trinajstić information content (AvgIpc) is 3.13. The van der Waals surface area contributed by atoms with Crippen molar-refractivity contribution >= 4 is 33.0 Å². The largest absolute Gasteiger partial charge is 0.360 e. The van der Waals surface area contributed by atoms with Crippen LogP contribution in [0.25, 0.3) is 11.3 Å². The summed E-state index contributed by atoms with van der Waals surface area (Å²) in [7, 11) is -3.45. The molecule has 0 saturated heterocycles. The number of pyridine rings is 1. The first-order valence-electron chi connectivity index (χ1n) is 11.9. The normalized spacial score (nSPS) is 19.6. The molecule has 5 rings (SSSR count). The van der Waals surface area contributed by atoms with Crippen molar-refractivity contribution in [3.8, 4) is 17.3 Å². The second-order valence-corrected chi connectivity index (χ2v) is 11.4. The molecule has 2 atom stereocenters. The highest BCUT2D eigenvalue weighted by Gasteiger charge is 2.44. The van der Waals surface area contributed by atoms with E-state index in [-0.39, 0.29) is 17.7 Å². The molecule has 1 fully saturated rings. The summed E-state index contributed by atoms with van der Waals surface area (Å²) >= 11 is 6.56. The van der Waals surface area contributed by atoms with Gasteiger partial charge in [0.05, 0.1) is 40.2 Å². The van der Waals surface area contributed by atoms with Gasteiger partial charge in [0.25, 0.3) is 0 Å². The van der Waals surface area contributed by atoms with Gasteiger partial charge in [0.15, 0.2) is 0 Å². The van der Waals surface area contributed by atoms with Crippen LogP contribution in [0.15, 0.2) is 60.8 Å². The molecule has 2 heterocycles. The average molecular weight is 507 g/mol. The van der Waals surface area contributed by atoms with Crippen LogP contribution < -0.4 is 9.62 Å². The van der Waals surface area contributed by atoms with Crippen molar-refractivity contribution in [1.82, 2.24) is 4.98 Å². The molecule has 1 saturated carbocycles. The Morgan fingerprint density at radius 1 is 1.17 bits per heavy atom. The number of hydrogen-bond donors (Lipinski definition) is 1. The lowest BCUT2D eigenvalue weighted by Crippen LogP contribution is -2.41. The van der Waals surface area contributed by atoms with Gasteiger partial charge in [-0.2, -0.15) is 5.26 Å². The van der Waals surface area contributed by atoms with Crippen LogP contribution in [-0.2, 0) is 10.0 Å². The van der Waals surface area contributed by atoms with Gasteiger partial charge in [-0.15, -0.1) is 0 Å². The van der Waals surface area contributed by atoms with E-state index in [1.807, 2.05) is 43.3 Å². The summed E-state index contributed by atoms with van der Waals surface area (Å²) in [5.74, 6) is -0.324. The Morgan fingerprint density at radius 2 is 2.00 bits per heavy atom.